The Balaban J connectivity index is 2.07. The molecule has 0 unspecified atom stereocenters. The first-order valence-corrected chi connectivity index (χ1v) is 7.82. The van der Waals surface area contributed by atoms with E-state index >= 15 is 0 Å². The average molecular weight is 325 g/mol. The van der Waals surface area contributed by atoms with Crippen LogP contribution in [0.25, 0.3) is 0 Å². The van der Waals surface area contributed by atoms with Gasteiger partial charge in [0.15, 0.2) is 0 Å². The number of piperidine rings is 1. The molecule has 19 heavy (non-hydrogen) atoms. The van der Waals surface area contributed by atoms with Gasteiger partial charge in [-0.1, -0.05) is 22.4 Å². The third kappa shape index (κ3) is 2.14. The third-order valence-corrected chi connectivity index (χ3v) is 5.34. The summed E-state index contributed by atoms with van der Waals surface area (Å²) in [5.41, 5.74) is 0.918. The maximum atomic E-state index is 6.13. The van der Waals surface area contributed by atoms with Crippen molar-refractivity contribution in [2.75, 3.05) is 27.2 Å². The van der Waals surface area contributed by atoms with Crippen molar-refractivity contribution in [3.63, 3.8) is 0 Å². The van der Waals surface area contributed by atoms with E-state index in [1.165, 1.54) is 19.3 Å². The number of rotatable bonds is 2. The highest BCUT2D eigenvalue weighted by atomic mass is 79.9. The molecular formula is C15H21BrN2O. The van der Waals surface area contributed by atoms with E-state index in [1.807, 2.05) is 19.4 Å². The zero-order chi connectivity index (χ0) is 13.5. The van der Waals surface area contributed by atoms with Crippen LogP contribution >= 0.6 is 15.9 Å². The van der Waals surface area contributed by atoms with Crippen molar-refractivity contribution in [1.29, 1.82) is 0 Å². The molecule has 0 N–H and O–H groups in total. The number of halogens is 1. The van der Waals surface area contributed by atoms with Crippen molar-refractivity contribution in [1.82, 2.24) is 9.88 Å². The topological polar surface area (TPSA) is 25.4 Å². The minimum atomic E-state index is -0.186. The second kappa shape index (κ2) is 5.15. The lowest BCUT2D eigenvalue weighted by molar-refractivity contribution is -0.168. The summed E-state index contributed by atoms with van der Waals surface area (Å²) in [6.07, 6.45) is 5.68. The molecule has 104 valence electrons. The van der Waals surface area contributed by atoms with Crippen molar-refractivity contribution in [2.24, 2.45) is 11.8 Å². The Morgan fingerprint density at radius 3 is 2.63 bits per heavy atom. The number of fused-ring (bicyclic) bond motifs is 2. The Morgan fingerprint density at radius 1 is 1.37 bits per heavy atom. The van der Waals surface area contributed by atoms with Crippen LogP contribution in [-0.2, 0) is 10.3 Å². The minimum absolute atomic E-state index is 0.186. The Hall–Kier alpha value is -0.450. The van der Waals surface area contributed by atoms with E-state index in [0.29, 0.717) is 11.8 Å². The van der Waals surface area contributed by atoms with E-state index < -0.39 is 0 Å². The molecule has 1 aromatic rings. The fraction of sp³-hybridized carbons (Fsp3) is 0.667. The second-order valence-corrected chi connectivity index (χ2v) is 6.82. The van der Waals surface area contributed by atoms with Crippen LogP contribution in [0.1, 0.15) is 25.0 Å². The molecule has 3 rings (SSSR count). The van der Waals surface area contributed by atoms with E-state index in [0.717, 1.165) is 23.3 Å². The fourth-order valence-electron chi connectivity index (χ4n) is 4.13. The molecule has 1 aliphatic heterocycles. The SMILES string of the molecule is CO[C@]1(c2cc(Br)ccn2)[C@@H]2CCC[C@H]1CN(C)C2. The summed E-state index contributed by atoms with van der Waals surface area (Å²) in [6, 6.07) is 4.12. The normalized spacial score (nSPS) is 35.3. The molecule has 2 aliphatic rings. The van der Waals surface area contributed by atoms with Crippen LogP contribution in [0.15, 0.2) is 22.8 Å². The van der Waals surface area contributed by atoms with Gasteiger partial charge in [-0.3, -0.25) is 4.98 Å². The van der Waals surface area contributed by atoms with Crippen LogP contribution in [0.3, 0.4) is 0 Å². The van der Waals surface area contributed by atoms with E-state index in [9.17, 15) is 0 Å². The zero-order valence-electron chi connectivity index (χ0n) is 11.6. The molecule has 0 radical (unpaired) electrons. The first-order valence-electron chi connectivity index (χ1n) is 7.02. The number of nitrogens with zero attached hydrogens (tertiary/aromatic N) is 2. The van der Waals surface area contributed by atoms with Crippen molar-refractivity contribution >= 4 is 15.9 Å². The lowest BCUT2D eigenvalue weighted by Gasteiger charge is -2.54. The Bertz CT molecular complexity index is 451. The summed E-state index contributed by atoms with van der Waals surface area (Å²) in [6.45, 7) is 2.22. The first-order chi connectivity index (χ1) is 9.16. The largest absolute Gasteiger partial charge is 0.371 e. The highest BCUT2D eigenvalue weighted by Crippen LogP contribution is 2.50. The molecule has 1 saturated heterocycles. The number of pyridine rings is 1. The van der Waals surface area contributed by atoms with Gasteiger partial charge in [-0.25, -0.2) is 0 Å². The van der Waals surface area contributed by atoms with Gasteiger partial charge in [0.05, 0.1) is 5.69 Å². The molecule has 3 nitrogen and oxygen atoms in total. The van der Waals surface area contributed by atoms with Gasteiger partial charge in [0, 0.05) is 42.7 Å². The number of methoxy groups -OCH3 is 1. The maximum absolute atomic E-state index is 6.13. The molecule has 0 aromatic carbocycles. The summed E-state index contributed by atoms with van der Waals surface area (Å²) in [7, 11) is 4.08. The molecule has 2 bridgehead atoms. The maximum Gasteiger partial charge on any atom is 0.118 e. The van der Waals surface area contributed by atoms with Crippen LogP contribution in [-0.4, -0.2) is 37.1 Å². The van der Waals surface area contributed by atoms with Crippen LogP contribution in [0.4, 0.5) is 0 Å². The van der Waals surface area contributed by atoms with Gasteiger partial charge < -0.3 is 9.64 Å². The van der Waals surface area contributed by atoms with Crippen LogP contribution in [0, 0.1) is 11.8 Å². The van der Waals surface area contributed by atoms with Crippen molar-refractivity contribution in [2.45, 2.75) is 24.9 Å². The number of likely N-dealkylation sites (tertiary alicyclic amines) is 1. The van der Waals surface area contributed by atoms with Crippen molar-refractivity contribution in [3.8, 4) is 0 Å². The Morgan fingerprint density at radius 2 is 2.05 bits per heavy atom. The van der Waals surface area contributed by atoms with E-state index in [2.05, 4.69) is 38.9 Å². The molecule has 1 saturated carbocycles. The number of ether oxygens (including phenoxy) is 1. The Labute approximate surface area is 123 Å². The van der Waals surface area contributed by atoms with Crippen molar-refractivity contribution in [3.05, 3.63) is 28.5 Å². The second-order valence-electron chi connectivity index (χ2n) is 5.90. The molecule has 2 fully saturated rings. The first kappa shape index (κ1) is 13.5. The van der Waals surface area contributed by atoms with Crippen LogP contribution < -0.4 is 0 Å². The molecule has 0 spiro atoms. The smallest absolute Gasteiger partial charge is 0.118 e. The zero-order valence-corrected chi connectivity index (χ0v) is 13.2. The van der Waals surface area contributed by atoms with E-state index in [4.69, 9.17) is 4.74 Å². The predicted octanol–water partition coefficient (Wildman–Crippen LogP) is 3.05. The summed E-state index contributed by atoms with van der Waals surface area (Å²) < 4.78 is 7.21. The summed E-state index contributed by atoms with van der Waals surface area (Å²) in [5, 5.41) is 0. The quantitative estimate of drug-likeness (QED) is 0.836. The minimum Gasteiger partial charge on any atom is -0.371 e. The van der Waals surface area contributed by atoms with Crippen molar-refractivity contribution < 1.29 is 4.74 Å². The highest BCUT2D eigenvalue weighted by molar-refractivity contribution is 9.10. The van der Waals surface area contributed by atoms with Gasteiger partial charge in [-0.05, 0) is 32.0 Å². The van der Waals surface area contributed by atoms with Gasteiger partial charge in [0.1, 0.15) is 5.60 Å². The fourth-order valence-corrected chi connectivity index (χ4v) is 4.46. The van der Waals surface area contributed by atoms with Gasteiger partial charge in [-0.15, -0.1) is 0 Å². The summed E-state index contributed by atoms with van der Waals surface area (Å²) in [4.78, 5) is 7.09. The molecule has 1 aliphatic carbocycles. The lowest BCUT2D eigenvalue weighted by atomic mass is 9.64. The number of hydrogen-bond donors (Lipinski definition) is 0. The summed E-state index contributed by atoms with van der Waals surface area (Å²) in [5.74, 6) is 1.11. The highest BCUT2D eigenvalue weighted by Gasteiger charge is 2.53. The average Bonchev–Trinajstić information content (AvgIpc) is 2.38. The van der Waals surface area contributed by atoms with Crippen LogP contribution in [0.5, 0.6) is 0 Å². The van der Waals surface area contributed by atoms with Gasteiger partial charge in [0.25, 0.3) is 0 Å². The van der Waals surface area contributed by atoms with E-state index in [-0.39, 0.29) is 5.60 Å². The number of hydrogen-bond acceptors (Lipinski definition) is 3. The molecule has 2 heterocycles. The predicted molar refractivity (Wildman–Crippen MR) is 79.0 cm³/mol. The molecular weight excluding hydrogens is 304 g/mol. The lowest BCUT2D eigenvalue weighted by Crippen LogP contribution is -2.58. The molecule has 0 amide bonds. The van der Waals surface area contributed by atoms with Gasteiger partial charge in [0.2, 0.25) is 0 Å². The molecule has 3 atom stereocenters. The molecule has 1 aromatic heterocycles. The standard InChI is InChI=1S/C15H21BrN2O/c1-18-9-11-4-3-5-12(10-18)15(11,19-2)14-8-13(16)6-7-17-14/h6-8,11-12H,3-5,9-10H2,1-2H3/t11-,12+,15-. The van der Waals surface area contributed by atoms with Gasteiger partial charge >= 0.3 is 0 Å². The Kier molecular flexibility index (Phi) is 3.67. The number of aromatic nitrogens is 1. The monoisotopic (exact) mass is 324 g/mol. The third-order valence-electron chi connectivity index (χ3n) is 4.84. The summed E-state index contributed by atoms with van der Waals surface area (Å²) >= 11 is 3.57. The van der Waals surface area contributed by atoms with E-state index in [1.54, 1.807) is 0 Å². The molecule has 4 heteroatoms. The van der Waals surface area contributed by atoms with Gasteiger partial charge in [-0.2, -0.15) is 0 Å². The van der Waals surface area contributed by atoms with Crippen LogP contribution in [0.2, 0.25) is 0 Å².